The number of hydrogen-bond donors (Lipinski definition) is 1. The van der Waals surface area contributed by atoms with Crippen LogP contribution in [0.4, 0.5) is 0 Å². The van der Waals surface area contributed by atoms with Gasteiger partial charge < -0.3 is 10.2 Å². The van der Waals surface area contributed by atoms with E-state index in [1.54, 1.807) is 4.90 Å². The van der Waals surface area contributed by atoms with E-state index < -0.39 is 0 Å². The minimum atomic E-state index is -0.0344. The minimum absolute atomic E-state index is 0.0344. The molecule has 1 atom stereocenters. The van der Waals surface area contributed by atoms with Crippen molar-refractivity contribution in [2.45, 2.75) is 44.7 Å². The summed E-state index contributed by atoms with van der Waals surface area (Å²) in [7, 11) is 0. The smallest absolute Gasteiger partial charge is 0.239 e. The van der Waals surface area contributed by atoms with Gasteiger partial charge in [0, 0.05) is 25.2 Å². The minimum Gasteiger partial charge on any atom is -0.353 e. The standard InChI is InChI=1S/C14H23N3O2/c1-10(11-2-3-11)17(12-4-5-12)9-14(19)16-7-6-15-13(18)8-16/h10-12H,2-9H2,1H3,(H,15,18). The fourth-order valence-electron chi connectivity index (χ4n) is 2.97. The van der Waals surface area contributed by atoms with E-state index in [4.69, 9.17) is 0 Å². The number of amides is 2. The van der Waals surface area contributed by atoms with E-state index >= 15 is 0 Å². The van der Waals surface area contributed by atoms with Gasteiger partial charge in [-0.05, 0) is 38.5 Å². The Labute approximate surface area is 114 Å². The first kappa shape index (κ1) is 12.9. The third kappa shape index (κ3) is 3.08. The van der Waals surface area contributed by atoms with Crippen LogP contribution in [0.25, 0.3) is 0 Å². The number of carbonyl (C=O) groups is 2. The highest BCUT2D eigenvalue weighted by Gasteiger charge is 2.40. The molecule has 2 amide bonds. The van der Waals surface area contributed by atoms with Crippen molar-refractivity contribution >= 4 is 11.8 Å². The monoisotopic (exact) mass is 265 g/mol. The van der Waals surface area contributed by atoms with Gasteiger partial charge in [0.25, 0.3) is 0 Å². The second-order valence-corrected chi connectivity index (χ2v) is 6.15. The van der Waals surface area contributed by atoms with Gasteiger partial charge in [-0.1, -0.05) is 0 Å². The van der Waals surface area contributed by atoms with Gasteiger partial charge in [-0.2, -0.15) is 0 Å². The van der Waals surface area contributed by atoms with Gasteiger partial charge in [0.1, 0.15) is 0 Å². The zero-order chi connectivity index (χ0) is 13.4. The van der Waals surface area contributed by atoms with Crippen LogP contribution in [-0.2, 0) is 9.59 Å². The lowest BCUT2D eigenvalue weighted by Crippen LogP contribution is -2.53. The summed E-state index contributed by atoms with van der Waals surface area (Å²) in [5.41, 5.74) is 0. The lowest BCUT2D eigenvalue weighted by Gasteiger charge is -2.33. The molecule has 5 nitrogen and oxygen atoms in total. The maximum Gasteiger partial charge on any atom is 0.239 e. The molecule has 1 heterocycles. The van der Waals surface area contributed by atoms with E-state index in [1.807, 2.05) is 0 Å². The van der Waals surface area contributed by atoms with Crippen LogP contribution in [0.2, 0.25) is 0 Å². The molecule has 0 aromatic heterocycles. The second kappa shape index (κ2) is 5.12. The molecule has 0 aromatic rings. The molecule has 0 aromatic carbocycles. The molecule has 0 bridgehead atoms. The summed E-state index contributed by atoms with van der Waals surface area (Å²) < 4.78 is 0. The average Bonchev–Trinajstić information content (AvgIpc) is 3.28. The van der Waals surface area contributed by atoms with Crippen LogP contribution < -0.4 is 5.32 Å². The average molecular weight is 265 g/mol. The van der Waals surface area contributed by atoms with Gasteiger partial charge in [-0.25, -0.2) is 0 Å². The fourth-order valence-corrected chi connectivity index (χ4v) is 2.97. The molecule has 5 heteroatoms. The van der Waals surface area contributed by atoms with Crippen molar-refractivity contribution in [2.24, 2.45) is 5.92 Å². The van der Waals surface area contributed by atoms with Gasteiger partial charge in [-0.3, -0.25) is 14.5 Å². The molecule has 3 rings (SSSR count). The Morgan fingerprint density at radius 3 is 2.74 bits per heavy atom. The highest BCUT2D eigenvalue weighted by Crippen LogP contribution is 2.39. The Morgan fingerprint density at radius 2 is 2.16 bits per heavy atom. The molecule has 3 aliphatic rings. The topological polar surface area (TPSA) is 52.7 Å². The number of hydrogen-bond acceptors (Lipinski definition) is 3. The molecule has 106 valence electrons. The molecule has 19 heavy (non-hydrogen) atoms. The SMILES string of the molecule is CC(C1CC1)N(CC(=O)N1CCNC(=O)C1)C1CC1. The third-order valence-corrected chi connectivity index (χ3v) is 4.55. The van der Waals surface area contributed by atoms with Crippen LogP contribution in [0, 0.1) is 5.92 Å². The summed E-state index contributed by atoms with van der Waals surface area (Å²) in [6, 6.07) is 1.13. The molecule has 0 radical (unpaired) electrons. The molecule has 0 spiro atoms. The molecule has 1 unspecified atom stereocenters. The Kier molecular flexibility index (Phi) is 3.48. The van der Waals surface area contributed by atoms with Crippen molar-refractivity contribution in [3.63, 3.8) is 0 Å². The molecule has 1 aliphatic heterocycles. The van der Waals surface area contributed by atoms with Crippen molar-refractivity contribution in [1.82, 2.24) is 15.1 Å². The van der Waals surface area contributed by atoms with Crippen LogP contribution >= 0.6 is 0 Å². The van der Waals surface area contributed by atoms with Gasteiger partial charge in [0.15, 0.2) is 0 Å². The van der Waals surface area contributed by atoms with Crippen LogP contribution in [0.3, 0.4) is 0 Å². The van der Waals surface area contributed by atoms with E-state index in [-0.39, 0.29) is 18.4 Å². The van der Waals surface area contributed by atoms with E-state index in [0.29, 0.717) is 31.7 Å². The normalized spacial score (nSPS) is 25.4. The van der Waals surface area contributed by atoms with Crippen LogP contribution in [0.5, 0.6) is 0 Å². The maximum atomic E-state index is 12.3. The molecule has 1 saturated heterocycles. The van der Waals surface area contributed by atoms with E-state index in [1.165, 1.54) is 25.7 Å². The van der Waals surface area contributed by atoms with Crippen molar-refractivity contribution < 1.29 is 9.59 Å². The first-order valence-corrected chi connectivity index (χ1v) is 7.45. The predicted molar refractivity (Wildman–Crippen MR) is 71.5 cm³/mol. The van der Waals surface area contributed by atoms with Gasteiger partial charge in [0.2, 0.25) is 11.8 Å². The summed E-state index contributed by atoms with van der Waals surface area (Å²) in [6.45, 7) is 4.23. The third-order valence-electron chi connectivity index (χ3n) is 4.55. The molecular formula is C14H23N3O2. The maximum absolute atomic E-state index is 12.3. The first-order chi connectivity index (χ1) is 9.15. The van der Waals surface area contributed by atoms with Crippen LogP contribution in [-0.4, -0.2) is 59.9 Å². The number of nitrogens with one attached hydrogen (secondary N) is 1. The Morgan fingerprint density at radius 1 is 1.42 bits per heavy atom. The number of nitrogens with zero attached hydrogens (tertiary/aromatic N) is 2. The van der Waals surface area contributed by atoms with Gasteiger partial charge >= 0.3 is 0 Å². The Bertz CT molecular complexity index is 377. The van der Waals surface area contributed by atoms with Crippen molar-refractivity contribution in [3.05, 3.63) is 0 Å². The van der Waals surface area contributed by atoms with Crippen molar-refractivity contribution in [3.8, 4) is 0 Å². The highest BCUT2D eigenvalue weighted by molar-refractivity contribution is 5.86. The van der Waals surface area contributed by atoms with Gasteiger partial charge in [-0.15, -0.1) is 0 Å². The molecular weight excluding hydrogens is 242 g/mol. The zero-order valence-corrected chi connectivity index (χ0v) is 11.6. The summed E-state index contributed by atoms with van der Waals surface area (Å²) in [6.07, 6.45) is 5.07. The first-order valence-electron chi connectivity index (χ1n) is 7.45. The largest absolute Gasteiger partial charge is 0.353 e. The summed E-state index contributed by atoms with van der Waals surface area (Å²) in [4.78, 5) is 27.8. The number of carbonyl (C=O) groups excluding carboxylic acids is 2. The Balaban J connectivity index is 1.57. The Hall–Kier alpha value is -1.10. The van der Waals surface area contributed by atoms with Crippen LogP contribution in [0.15, 0.2) is 0 Å². The lowest BCUT2D eigenvalue weighted by atomic mass is 10.1. The van der Waals surface area contributed by atoms with Crippen molar-refractivity contribution in [1.29, 1.82) is 0 Å². The van der Waals surface area contributed by atoms with E-state index in [0.717, 1.165) is 5.92 Å². The predicted octanol–water partition coefficient (Wildman–Crippen LogP) is 0.208. The molecule has 2 saturated carbocycles. The second-order valence-electron chi connectivity index (χ2n) is 6.15. The summed E-state index contributed by atoms with van der Waals surface area (Å²) in [5.74, 6) is 0.875. The highest BCUT2D eigenvalue weighted by atomic mass is 16.2. The molecule has 3 fully saturated rings. The number of rotatable bonds is 5. The molecule has 1 N–H and O–H groups in total. The quantitative estimate of drug-likeness (QED) is 0.773. The zero-order valence-electron chi connectivity index (χ0n) is 11.6. The summed E-state index contributed by atoms with van der Waals surface area (Å²) in [5, 5.41) is 2.76. The fraction of sp³-hybridized carbons (Fsp3) is 0.857. The van der Waals surface area contributed by atoms with Crippen molar-refractivity contribution in [2.75, 3.05) is 26.2 Å². The van der Waals surface area contributed by atoms with E-state index in [9.17, 15) is 9.59 Å². The number of piperazine rings is 1. The van der Waals surface area contributed by atoms with Gasteiger partial charge in [0.05, 0.1) is 13.1 Å². The van der Waals surface area contributed by atoms with Crippen LogP contribution in [0.1, 0.15) is 32.6 Å². The summed E-state index contributed by atoms with van der Waals surface area (Å²) >= 11 is 0. The molecule has 2 aliphatic carbocycles. The lowest BCUT2D eigenvalue weighted by molar-refractivity contribution is -0.139. The van der Waals surface area contributed by atoms with E-state index in [2.05, 4.69) is 17.1 Å².